The third kappa shape index (κ3) is 4.35. The highest BCUT2D eigenvalue weighted by Gasteiger charge is 2.14. The van der Waals surface area contributed by atoms with Crippen LogP contribution in [0, 0.1) is 0 Å². The molecular formula is C25H28O. The van der Waals surface area contributed by atoms with Gasteiger partial charge in [-0.2, -0.15) is 0 Å². The van der Waals surface area contributed by atoms with E-state index in [1.54, 1.807) is 6.07 Å². The van der Waals surface area contributed by atoms with Crippen LogP contribution >= 0.6 is 0 Å². The van der Waals surface area contributed by atoms with Gasteiger partial charge in [0, 0.05) is 5.56 Å². The second kappa shape index (κ2) is 9.24. The molecular weight excluding hydrogens is 316 g/mol. The number of rotatable bonds is 8. The van der Waals surface area contributed by atoms with E-state index in [0.29, 0.717) is 5.75 Å². The summed E-state index contributed by atoms with van der Waals surface area (Å²) < 4.78 is 0. The highest BCUT2D eigenvalue weighted by atomic mass is 16.3. The Kier molecular flexibility index (Phi) is 6.49. The van der Waals surface area contributed by atoms with Crippen molar-refractivity contribution in [1.29, 1.82) is 0 Å². The molecule has 3 aromatic rings. The van der Waals surface area contributed by atoms with Crippen molar-refractivity contribution in [1.82, 2.24) is 0 Å². The normalized spacial score (nSPS) is 10.8. The quantitative estimate of drug-likeness (QED) is 0.427. The number of hydrogen-bond acceptors (Lipinski definition) is 1. The number of hydrogen-bond donors (Lipinski definition) is 1. The summed E-state index contributed by atoms with van der Waals surface area (Å²) >= 11 is 0. The molecule has 0 amide bonds. The van der Waals surface area contributed by atoms with Gasteiger partial charge in [0.05, 0.1) is 0 Å². The van der Waals surface area contributed by atoms with Gasteiger partial charge in [0.2, 0.25) is 0 Å². The number of phenols is 1. The predicted molar refractivity (Wildman–Crippen MR) is 111 cm³/mol. The fourth-order valence-corrected chi connectivity index (χ4v) is 3.60. The first kappa shape index (κ1) is 18.3. The lowest BCUT2D eigenvalue weighted by atomic mass is 9.89. The van der Waals surface area contributed by atoms with Gasteiger partial charge in [-0.05, 0) is 41.2 Å². The van der Waals surface area contributed by atoms with Gasteiger partial charge in [-0.15, -0.1) is 0 Å². The van der Waals surface area contributed by atoms with Crippen LogP contribution in [0.3, 0.4) is 0 Å². The summed E-state index contributed by atoms with van der Waals surface area (Å²) in [5.41, 5.74) is 5.69. The molecule has 0 spiro atoms. The first-order valence-electron chi connectivity index (χ1n) is 9.77. The van der Waals surface area contributed by atoms with Gasteiger partial charge in [-0.25, -0.2) is 0 Å². The summed E-state index contributed by atoms with van der Waals surface area (Å²) in [5, 5.41) is 10.7. The zero-order valence-electron chi connectivity index (χ0n) is 15.6. The Morgan fingerprint density at radius 3 is 2.12 bits per heavy atom. The van der Waals surface area contributed by atoms with Crippen molar-refractivity contribution in [2.45, 2.75) is 45.4 Å². The maximum absolute atomic E-state index is 10.7. The van der Waals surface area contributed by atoms with Gasteiger partial charge in [-0.3, -0.25) is 0 Å². The van der Waals surface area contributed by atoms with E-state index in [1.165, 1.54) is 48.8 Å². The second-order valence-electron chi connectivity index (χ2n) is 6.89. The summed E-state index contributed by atoms with van der Waals surface area (Å²) in [4.78, 5) is 0. The smallest absolute Gasteiger partial charge is 0.123 e. The molecule has 0 unspecified atom stereocenters. The van der Waals surface area contributed by atoms with Crippen molar-refractivity contribution in [2.75, 3.05) is 0 Å². The molecule has 0 saturated heterocycles. The molecule has 0 atom stereocenters. The molecule has 1 N–H and O–H groups in total. The topological polar surface area (TPSA) is 20.2 Å². The molecule has 3 rings (SSSR count). The average molecular weight is 344 g/mol. The highest BCUT2D eigenvalue weighted by molar-refractivity contribution is 5.87. The molecule has 0 aliphatic carbocycles. The number of aromatic hydroxyl groups is 1. The molecule has 0 aliphatic heterocycles. The summed E-state index contributed by atoms with van der Waals surface area (Å²) in [6.45, 7) is 2.24. The SMILES string of the molecule is CCCCCCCc1cccc(O)c1-c1ccccc1-c1ccccc1. The van der Waals surface area contributed by atoms with Crippen molar-refractivity contribution in [3.63, 3.8) is 0 Å². The van der Waals surface area contributed by atoms with E-state index in [2.05, 4.69) is 61.5 Å². The van der Waals surface area contributed by atoms with Crippen LogP contribution in [0.15, 0.2) is 72.8 Å². The monoisotopic (exact) mass is 344 g/mol. The van der Waals surface area contributed by atoms with E-state index in [4.69, 9.17) is 0 Å². The Hall–Kier alpha value is -2.54. The van der Waals surface area contributed by atoms with E-state index < -0.39 is 0 Å². The van der Waals surface area contributed by atoms with Gasteiger partial charge in [0.15, 0.2) is 0 Å². The number of unbranched alkanes of at least 4 members (excludes halogenated alkanes) is 4. The molecule has 0 heterocycles. The third-order valence-electron chi connectivity index (χ3n) is 4.96. The lowest BCUT2D eigenvalue weighted by molar-refractivity contribution is 0.476. The van der Waals surface area contributed by atoms with E-state index in [1.807, 2.05) is 12.1 Å². The van der Waals surface area contributed by atoms with Crippen LogP contribution in [0.25, 0.3) is 22.3 Å². The summed E-state index contributed by atoms with van der Waals surface area (Å²) in [6, 6.07) is 24.7. The zero-order valence-corrected chi connectivity index (χ0v) is 15.6. The Morgan fingerprint density at radius 1 is 0.654 bits per heavy atom. The molecule has 26 heavy (non-hydrogen) atoms. The fraction of sp³-hybridized carbons (Fsp3) is 0.280. The van der Waals surface area contributed by atoms with Crippen molar-refractivity contribution >= 4 is 0 Å². The van der Waals surface area contributed by atoms with Gasteiger partial charge >= 0.3 is 0 Å². The minimum absolute atomic E-state index is 0.374. The molecule has 1 nitrogen and oxygen atoms in total. The second-order valence-corrected chi connectivity index (χ2v) is 6.89. The van der Waals surface area contributed by atoms with Crippen LogP contribution in [0.2, 0.25) is 0 Å². The van der Waals surface area contributed by atoms with Crippen molar-refractivity contribution in [3.05, 3.63) is 78.4 Å². The zero-order chi connectivity index (χ0) is 18.2. The van der Waals surface area contributed by atoms with E-state index in [9.17, 15) is 5.11 Å². The van der Waals surface area contributed by atoms with Crippen LogP contribution < -0.4 is 0 Å². The number of benzene rings is 3. The van der Waals surface area contributed by atoms with Crippen molar-refractivity contribution in [3.8, 4) is 28.0 Å². The van der Waals surface area contributed by atoms with Crippen LogP contribution in [-0.4, -0.2) is 5.11 Å². The fourth-order valence-electron chi connectivity index (χ4n) is 3.60. The third-order valence-corrected chi connectivity index (χ3v) is 4.96. The highest BCUT2D eigenvalue weighted by Crippen LogP contribution is 2.39. The Bertz CT molecular complexity index is 821. The average Bonchev–Trinajstić information content (AvgIpc) is 2.69. The van der Waals surface area contributed by atoms with E-state index in [0.717, 1.165) is 17.5 Å². The molecule has 0 bridgehead atoms. The Morgan fingerprint density at radius 2 is 1.35 bits per heavy atom. The maximum atomic E-state index is 10.7. The molecule has 0 aromatic heterocycles. The first-order chi connectivity index (χ1) is 12.8. The maximum Gasteiger partial charge on any atom is 0.123 e. The minimum atomic E-state index is 0.374. The molecule has 0 aliphatic rings. The van der Waals surface area contributed by atoms with E-state index in [-0.39, 0.29) is 0 Å². The van der Waals surface area contributed by atoms with Crippen LogP contribution in [0.5, 0.6) is 5.75 Å². The molecule has 0 fully saturated rings. The molecule has 0 radical (unpaired) electrons. The standard InChI is InChI=1S/C25H28O/c1-2-3-4-5-7-15-21-16-12-19-24(26)25(21)23-18-11-10-17-22(23)20-13-8-6-9-14-20/h6,8-14,16-19,26H,2-5,7,15H2,1H3. The lowest BCUT2D eigenvalue weighted by Gasteiger charge is -2.16. The van der Waals surface area contributed by atoms with Crippen molar-refractivity contribution < 1.29 is 5.11 Å². The van der Waals surface area contributed by atoms with Crippen molar-refractivity contribution in [2.24, 2.45) is 0 Å². The van der Waals surface area contributed by atoms with Gasteiger partial charge in [0.25, 0.3) is 0 Å². The Balaban J connectivity index is 1.95. The molecule has 134 valence electrons. The predicted octanol–water partition coefficient (Wildman–Crippen LogP) is 7.24. The Labute approximate surface area is 157 Å². The number of aryl methyl sites for hydroxylation is 1. The number of phenolic OH excluding ortho intramolecular Hbond substituents is 1. The summed E-state index contributed by atoms with van der Waals surface area (Å²) in [7, 11) is 0. The summed E-state index contributed by atoms with van der Waals surface area (Å²) in [5.74, 6) is 0.374. The minimum Gasteiger partial charge on any atom is -0.507 e. The largest absolute Gasteiger partial charge is 0.507 e. The first-order valence-corrected chi connectivity index (χ1v) is 9.77. The lowest BCUT2D eigenvalue weighted by Crippen LogP contribution is -1.94. The molecule has 0 saturated carbocycles. The van der Waals surface area contributed by atoms with Crippen LogP contribution in [0.1, 0.15) is 44.6 Å². The van der Waals surface area contributed by atoms with Crippen LogP contribution in [-0.2, 0) is 6.42 Å². The molecule has 3 aromatic carbocycles. The van der Waals surface area contributed by atoms with Gasteiger partial charge in [-0.1, -0.05) is 99.3 Å². The van der Waals surface area contributed by atoms with E-state index >= 15 is 0 Å². The van der Waals surface area contributed by atoms with Gasteiger partial charge < -0.3 is 5.11 Å². The van der Waals surface area contributed by atoms with Gasteiger partial charge in [0.1, 0.15) is 5.75 Å². The van der Waals surface area contributed by atoms with Crippen LogP contribution in [0.4, 0.5) is 0 Å². The summed E-state index contributed by atoms with van der Waals surface area (Å²) in [6.07, 6.45) is 7.31. The molecule has 1 heteroatoms.